The van der Waals surface area contributed by atoms with Gasteiger partial charge in [-0.2, -0.15) is 0 Å². The predicted molar refractivity (Wildman–Crippen MR) is 73.0 cm³/mol. The van der Waals surface area contributed by atoms with Gasteiger partial charge >= 0.3 is 0 Å². The summed E-state index contributed by atoms with van der Waals surface area (Å²) in [5, 5.41) is 10.9. The van der Waals surface area contributed by atoms with Crippen LogP contribution in [0.5, 0.6) is 5.75 Å². The van der Waals surface area contributed by atoms with Crippen LogP contribution in [0.15, 0.2) is 18.2 Å². The molecular formula is C12H16N2O5S. The highest BCUT2D eigenvalue weighted by atomic mass is 32.2. The quantitative estimate of drug-likeness (QED) is 0.606. The maximum atomic E-state index is 11.1. The number of nitrogens with one attached hydrogen (secondary N) is 1. The van der Waals surface area contributed by atoms with E-state index in [2.05, 4.69) is 4.72 Å². The predicted octanol–water partition coefficient (Wildman–Crippen LogP) is 1.43. The number of benzene rings is 1. The molecule has 0 aliphatic heterocycles. The molecule has 0 saturated heterocycles. The van der Waals surface area contributed by atoms with E-state index in [1.807, 2.05) is 0 Å². The van der Waals surface area contributed by atoms with Gasteiger partial charge in [-0.1, -0.05) is 0 Å². The van der Waals surface area contributed by atoms with Gasteiger partial charge in [0.2, 0.25) is 10.0 Å². The van der Waals surface area contributed by atoms with Crippen molar-refractivity contribution in [3.8, 4) is 5.75 Å². The van der Waals surface area contributed by atoms with Crippen molar-refractivity contribution in [2.24, 2.45) is 5.92 Å². The summed E-state index contributed by atoms with van der Waals surface area (Å²) in [5.74, 6) is 1.09. The number of sulfonamides is 1. The summed E-state index contributed by atoms with van der Waals surface area (Å²) in [4.78, 5) is 10.4. The Bertz CT molecular complexity index is 610. The second-order valence-electron chi connectivity index (χ2n) is 4.90. The maximum Gasteiger partial charge on any atom is 0.274 e. The summed E-state index contributed by atoms with van der Waals surface area (Å²) in [5.41, 5.74) is 0.161. The monoisotopic (exact) mass is 300 g/mol. The van der Waals surface area contributed by atoms with Gasteiger partial charge in [-0.05, 0) is 30.9 Å². The van der Waals surface area contributed by atoms with Gasteiger partial charge in [0.15, 0.2) is 0 Å². The summed E-state index contributed by atoms with van der Waals surface area (Å²) in [6.07, 6.45) is 3.30. The molecule has 8 heteroatoms. The van der Waals surface area contributed by atoms with Crippen molar-refractivity contribution in [3.63, 3.8) is 0 Å². The third-order valence-electron chi connectivity index (χ3n) is 2.96. The molecule has 110 valence electrons. The maximum absolute atomic E-state index is 11.1. The third-order valence-corrected chi connectivity index (χ3v) is 3.62. The van der Waals surface area contributed by atoms with Crippen LogP contribution in [0.3, 0.4) is 0 Å². The fourth-order valence-corrected chi connectivity index (χ4v) is 2.10. The van der Waals surface area contributed by atoms with Gasteiger partial charge in [0, 0.05) is 18.2 Å². The van der Waals surface area contributed by atoms with Crippen molar-refractivity contribution >= 4 is 15.7 Å². The van der Waals surface area contributed by atoms with Crippen LogP contribution in [0.25, 0.3) is 0 Å². The second-order valence-corrected chi connectivity index (χ2v) is 6.73. The van der Waals surface area contributed by atoms with E-state index in [1.165, 1.54) is 18.2 Å². The average molecular weight is 300 g/mol. The van der Waals surface area contributed by atoms with Crippen molar-refractivity contribution in [2.75, 3.05) is 12.9 Å². The van der Waals surface area contributed by atoms with E-state index in [1.54, 1.807) is 0 Å². The molecule has 0 amide bonds. The molecule has 0 aromatic heterocycles. The van der Waals surface area contributed by atoms with Crippen LogP contribution in [0.2, 0.25) is 0 Å². The molecular weight excluding hydrogens is 284 g/mol. The summed E-state index contributed by atoms with van der Waals surface area (Å²) in [6, 6.07) is 4.38. The smallest absolute Gasteiger partial charge is 0.274 e. The van der Waals surface area contributed by atoms with Crippen LogP contribution in [-0.4, -0.2) is 26.2 Å². The zero-order valence-corrected chi connectivity index (χ0v) is 11.9. The lowest BCUT2D eigenvalue weighted by Crippen LogP contribution is -2.21. The molecule has 0 radical (unpaired) electrons. The molecule has 1 aromatic rings. The fourth-order valence-electron chi connectivity index (χ4n) is 1.68. The minimum atomic E-state index is -3.41. The Morgan fingerprint density at radius 2 is 2.15 bits per heavy atom. The second kappa shape index (κ2) is 5.76. The molecule has 0 heterocycles. The van der Waals surface area contributed by atoms with Crippen LogP contribution in [0.4, 0.5) is 5.69 Å². The fraction of sp³-hybridized carbons (Fsp3) is 0.500. The van der Waals surface area contributed by atoms with Gasteiger partial charge in [0.1, 0.15) is 5.75 Å². The molecule has 1 aliphatic carbocycles. The van der Waals surface area contributed by atoms with Crippen molar-refractivity contribution in [2.45, 2.75) is 19.4 Å². The highest BCUT2D eigenvalue weighted by Crippen LogP contribution is 2.30. The van der Waals surface area contributed by atoms with E-state index in [0.29, 0.717) is 18.3 Å². The highest BCUT2D eigenvalue weighted by molar-refractivity contribution is 7.88. The van der Waals surface area contributed by atoms with Crippen LogP contribution < -0.4 is 9.46 Å². The van der Waals surface area contributed by atoms with Crippen molar-refractivity contribution in [1.82, 2.24) is 4.72 Å². The van der Waals surface area contributed by atoms with Gasteiger partial charge in [-0.25, -0.2) is 13.1 Å². The topological polar surface area (TPSA) is 98.5 Å². The Morgan fingerprint density at radius 3 is 2.70 bits per heavy atom. The molecule has 7 nitrogen and oxygen atoms in total. The van der Waals surface area contributed by atoms with E-state index in [9.17, 15) is 18.5 Å². The lowest BCUT2D eigenvalue weighted by Gasteiger charge is -2.08. The molecule has 1 aromatic carbocycles. The van der Waals surface area contributed by atoms with E-state index >= 15 is 0 Å². The first kappa shape index (κ1) is 14.7. The Kier molecular flexibility index (Phi) is 4.24. The molecule has 2 rings (SSSR count). The zero-order chi connectivity index (χ0) is 14.8. The van der Waals surface area contributed by atoms with Crippen molar-refractivity contribution in [3.05, 3.63) is 33.9 Å². The van der Waals surface area contributed by atoms with Crippen LogP contribution in [-0.2, 0) is 16.6 Å². The lowest BCUT2D eigenvalue weighted by molar-refractivity contribution is -0.385. The Morgan fingerprint density at radius 1 is 1.45 bits per heavy atom. The molecule has 0 bridgehead atoms. The van der Waals surface area contributed by atoms with E-state index in [4.69, 9.17) is 4.74 Å². The minimum Gasteiger partial charge on any atom is -0.493 e. The van der Waals surface area contributed by atoms with Crippen molar-refractivity contribution < 1.29 is 18.1 Å². The Balaban J connectivity index is 2.14. The van der Waals surface area contributed by atoms with Gasteiger partial charge in [0.05, 0.1) is 17.8 Å². The number of nitrogens with zero attached hydrogens (tertiary/aromatic N) is 1. The van der Waals surface area contributed by atoms with Crippen LogP contribution >= 0.6 is 0 Å². The highest BCUT2D eigenvalue weighted by Gasteiger charge is 2.22. The van der Waals surface area contributed by atoms with E-state index in [-0.39, 0.29) is 17.8 Å². The number of ether oxygens (including phenoxy) is 1. The summed E-state index contributed by atoms with van der Waals surface area (Å²) < 4.78 is 30.0. The van der Waals surface area contributed by atoms with Crippen LogP contribution in [0, 0.1) is 16.0 Å². The molecule has 0 unspecified atom stereocenters. The van der Waals surface area contributed by atoms with Crippen LogP contribution in [0.1, 0.15) is 18.4 Å². The molecule has 1 fully saturated rings. The lowest BCUT2D eigenvalue weighted by atomic mass is 10.1. The van der Waals surface area contributed by atoms with E-state index < -0.39 is 14.9 Å². The van der Waals surface area contributed by atoms with Gasteiger partial charge in [-0.3, -0.25) is 10.1 Å². The number of rotatable bonds is 7. The first-order chi connectivity index (χ1) is 9.35. The molecule has 20 heavy (non-hydrogen) atoms. The number of nitro groups is 1. The molecule has 1 aliphatic rings. The van der Waals surface area contributed by atoms with Gasteiger partial charge < -0.3 is 4.74 Å². The average Bonchev–Trinajstić information content (AvgIpc) is 3.16. The summed E-state index contributed by atoms with van der Waals surface area (Å²) in [6.45, 7) is 0.465. The molecule has 1 N–H and O–H groups in total. The molecule has 0 spiro atoms. The zero-order valence-electron chi connectivity index (χ0n) is 11.0. The van der Waals surface area contributed by atoms with Gasteiger partial charge in [0.25, 0.3) is 5.69 Å². The van der Waals surface area contributed by atoms with E-state index in [0.717, 1.165) is 19.1 Å². The standard InChI is InChI=1S/C12H16N2O5S/c1-20(17,18)13-7-10-6-11(19-8-9-2-3-9)4-5-12(10)14(15)16/h4-6,9,13H,2-3,7-8H2,1H3. The summed E-state index contributed by atoms with van der Waals surface area (Å²) >= 11 is 0. The number of nitro benzene ring substituents is 1. The molecule has 1 saturated carbocycles. The largest absolute Gasteiger partial charge is 0.493 e. The normalized spacial score (nSPS) is 15.1. The Labute approximate surface area is 117 Å². The molecule has 0 atom stereocenters. The Hall–Kier alpha value is -1.67. The summed E-state index contributed by atoms with van der Waals surface area (Å²) in [7, 11) is -3.41. The first-order valence-electron chi connectivity index (χ1n) is 6.20. The SMILES string of the molecule is CS(=O)(=O)NCc1cc(OCC2CC2)ccc1[N+](=O)[O-]. The first-order valence-corrected chi connectivity index (χ1v) is 8.09. The number of hydrogen-bond acceptors (Lipinski definition) is 5. The van der Waals surface area contributed by atoms with Gasteiger partial charge in [-0.15, -0.1) is 0 Å². The number of hydrogen-bond donors (Lipinski definition) is 1. The minimum absolute atomic E-state index is 0.125. The van der Waals surface area contributed by atoms with Crippen molar-refractivity contribution in [1.29, 1.82) is 0 Å². The third kappa shape index (κ3) is 4.46.